The first kappa shape index (κ1) is 24.4. The van der Waals surface area contributed by atoms with Crippen LogP contribution in [0.3, 0.4) is 0 Å². The van der Waals surface area contributed by atoms with Crippen LogP contribution in [-0.4, -0.2) is 30.9 Å². The zero-order chi connectivity index (χ0) is 26.3. The lowest BCUT2D eigenvalue weighted by Crippen LogP contribution is -2.23. The van der Waals surface area contributed by atoms with Crippen molar-refractivity contribution in [2.45, 2.75) is 24.3 Å². The molecule has 0 saturated carbocycles. The molecule has 38 heavy (non-hydrogen) atoms. The molecule has 0 saturated heterocycles. The molecule has 6 rings (SSSR count). The first-order valence-electron chi connectivity index (χ1n) is 11.9. The Morgan fingerprint density at radius 2 is 1.87 bits per heavy atom. The fourth-order valence-corrected chi connectivity index (χ4v) is 5.67. The number of nitrogens with zero attached hydrogens (tertiary/aromatic N) is 2. The van der Waals surface area contributed by atoms with Gasteiger partial charge in [0.1, 0.15) is 5.75 Å². The Balaban J connectivity index is 1.18. The molecule has 4 aromatic rings. The van der Waals surface area contributed by atoms with Gasteiger partial charge in [-0.2, -0.15) is 0 Å². The highest BCUT2D eigenvalue weighted by Crippen LogP contribution is 2.35. The van der Waals surface area contributed by atoms with Crippen LogP contribution in [0.2, 0.25) is 5.02 Å². The summed E-state index contributed by atoms with van der Waals surface area (Å²) in [5.41, 5.74) is 5.21. The van der Waals surface area contributed by atoms with E-state index in [0.29, 0.717) is 40.2 Å². The minimum absolute atomic E-state index is 0.140. The zero-order valence-corrected chi connectivity index (χ0v) is 21.6. The average Bonchev–Trinajstić information content (AvgIpc) is 3.32. The van der Waals surface area contributed by atoms with Crippen LogP contribution in [0.25, 0.3) is 11.3 Å². The van der Waals surface area contributed by atoms with Crippen molar-refractivity contribution in [3.05, 3.63) is 88.6 Å². The molecule has 3 aromatic carbocycles. The molecule has 3 N–H and O–H groups in total. The highest BCUT2D eigenvalue weighted by Gasteiger charge is 2.22. The Bertz CT molecular complexity index is 1680. The molecule has 1 amide bonds. The van der Waals surface area contributed by atoms with Crippen molar-refractivity contribution in [2.24, 2.45) is 0 Å². The predicted molar refractivity (Wildman–Crippen MR) is 144 cm³/mol. The van der Waals surface area contributed by atoms with Gasteiger partial charge >= 0.3 is 0 Å². The van der Waals surface area contributed by atoms with Crippen LogP contribution in [0.5, 0.6) is 5.75 Å². The molecule has 0 radical (unpaired) electrons. The van der Waals surface area contributed by atoms with Gasteiger partial charge in [-0.1, -0.05) is 23.7 Å². The Morgan fingerprint density at radius 1 is 1.03 bits per heavy atom. The largest absolute Gasteiger partial charge is 0.493 e. The molecule has 0 aliphatic carbocycles. The van der Waals surface area contributed by atoms with Crippen molar-refractivity contribution in [1.29, 1.82) is 0 Å². The highest BCUT2D eigenvalue weighted by molar-refractivity contribution is 7.89. The molecule has 1 aromatic heterocycles. The summed E-state index contributed by atoms with van der Waals surface area (Å²) in [6, 6.07) is 17.3. The van der Waals surface area contributed by atoms with E-state index in [1.165, 1.54) is 12.1 Å². The van der Waals surface area contributed by atoms with Crippen molar-refractivity contribution in [3.8, 4) is 17.0 Å². The molecule has 2 aliphatic heterocycles. The monoisotopic (exact) mass is 547 g/mol. The summed E-state index contributed by atoms with van der Waals surface area (Å²) in [6.45, 7) is 0.836. The highest BCUT2D eigenvalue weighted by atomic mass is 35.5. The second kappa shape index (κ2) is 9.71. The number of carbonyl (C=O) groups is 1. The maximum Gasteiger partial charge on any atom is 0.240 e. The molecule has 0 bridgehead atoms. The van der Waals surface area contributed by atoms with E-state index in [-0.39, 0.29) is 23.8 Å². The number of carbonyl (C=O) groups excluding carboxylic acids is 1. The number of sulfonamides is 1. The van der Waals surface area contributed by atoms with Crippen molar-refractivity contribution in [1.82, 2.24) is 14.7 Å². The average molecular weight is 548 g/mol. The first-order chi connectivity index (χ1) is 18.3. The third kappa shape index (κ3) is 4.93. The first-order valence-corrected chi connectivity index (χ1v) is 13.8. The van der Waals surface area contributed by atoms with E-state index in [2.05, 4.69) is 25.3 Å². The van der Waals surface area contributed by atoms with Gasteiger partial charge in [-0.05, 0) is 59.7 Å². The van der Waals surface area contributed by atoms with Gasteiger partial charge in [0.25, 0.3) is 0 Å². The van der Waals surface area contributed by atoms with Crippen molar-refractivity contribution < 1.29 is 17.9 Å². The van der Waals surface area contributed by atoms with Gasteiger partial charge in [0.05, 0.1) is 29.3 Å². The lowest BCUT2D eigenvalue weighted by atomic mass is 10.1. The van der Waals surface area contributed by atoms with E-state index in [0.717, 1.165) is 28.9 Å². The fraction of sp³-hybridized carbons (Fsp3) is 0.148. The van der Waals surface area contributed by atoms with Crippen molar-refractivity contribution in [2.75, 3.05) is 17.2 Å². The molecule has 3 heterocycles. The van der Waals surface area contributed by atoms with Gasteiger partial charge < -0.3 is 15.4 Å². The van der Waals surface area contributed by atoms with Crippen molar-refractivity contribution >= 4 is 44.9 Å². The molecule has 0 atom stereocenters. The number of amides is 1. The Labute approximate surface area is 224 Å². The number of nitrogens with one attached hydrogen (secondary N) is 3. The zero-order valence-electron chi connectivity index (χ0n) is 20.0. The third-order valence-corrected chi connectivity index (χ3v) is 8.02. The molecule has 0 unspecified atom stereocenters. The number of hydrogen-bond donors (Lipinski definition) is 3. The molecule has 0 spiro atoms. The van der Waals surface area contributed by atoms with Crippen LogP contribution < -0.4 is 20.1 Å². The number of fused-ring (bicyclic) bond motifs is 4. The number of anilines is 3. The molecule has 192 valence electrons. The number of halogens is 1. The third-order valence-electron chi connectivity index (χ3n) is 6.37. The van der Waals surface area contributed by atoms with Gasteiger partial charge in [-0.3, -0.25) is 4.79 Å². The lowest BCUT2D eigenvalue weighted by molar-refractivity contribution is -0.115. The Morgan fingerprint density at radius 3 is 2.71 bits per heavy atom. The maximum atomic E-state index is 12.8. The number of benzene rings is 3. The van der Waals surface area contributed by atoms with E-state index in [9.17, 15) is 13.2 Å². The summed E-state index contributed by atoms with van der Waals surface area (Å²) in [5, 5.41) is 6.46. The fourth-order valence-electron chi connectivity index (χ4n) is 4.48. The minimum atomic E-state index is -3.71. The maximum absolute atomic E-state index is 12.8. The summed E-state index contributed by atoms with van der Waals surface area (Å²) in [6.07, 6.45) is 2.58. The van der Waals surface area contributed by atoms with Crippen LogP contribution in [0, 0.1) is 0 Å². The molecular weight excluding hydrogens is 526 g/mol. The summed E-state index contributed by atoms with van der Waals surface area (Å²) >= 11 is 6.11. The van der Waals surface area contributed by atoms with Crippen molar-refractivity contribution in [3.63, 3.8) is 0 Å². The number of ether oxygens (including phenoxy) is 1. The second-order valence-corrected chi connectivity index (χ2v) is 11.2. The quantitative estimate of drug-likeness (QED) is 0.326. The molecular formula is C27H22ClN5O4S. The van der Waals surface area contributed by atoms with Gasteiger partial charge in [0, 0.05) is 41.0 Å². The van der Waals surface area contributed by atoms with Gasteiger partial charge in [0.2, 0.25) is 21.9 Å². The van der Waals surface area contributed by atoms with Gasteiger partial charge in [-0.15, -0.1) is 0 Å². The number of hydrogen-bond acceptors (Lipinski definition) is 7. The van der Waals surface area contributed by atoms with E-state index < -0.39 is 10.0 Å². The van der Waals surface area contributed by atoms with E-state index in [1.54, 1.807) is 30.5 Å². The van der Waals surface area contributed by atoms with E-state index in [4.69, 9.17) is 16.3 Å². The summed E-state index contributed by atoms with van der Waals surface area (Å²) < 4.78 is 33.8. The molecule has 11 heteroatoms. The summed E-state index contributed by atoms with van der Waals surface area (Å²) in [4.78, 5) is 21.4. The van der Waals surface area contributed by atoms with E-state index >= 15 is 0 Å². The smallest absolute Gasteiger partial charge is 0.240 e. The number of aromatic nitrogens is 2. The van der Waals surface area contributed by atoms with Crippen LogP contribution in [0.1, 0.15) is 16.7 Å². The van der Waals surface area contributed by atoms with Crippen LogP contribution in [0.4, 0.5) is 17.3 Å². The standard InChI is InChI=1S/C27H22ClN5O4S/c28-19-2-7-22-23(13-19)32-25(34)12-18-15-29-27(33-26(18)22)31-20-3-5-21(6-4-20)38(35,36)30-14-16-1-8-24-17(11-16)9-10-37-24/h1-8,11,13,15,30H,9-10,12,14H2,(H,32,34)(H,29,31,33). The topological polar surface area (TPSA) is 122 Å². The molecule has 9 nitrogen and oxygen atoms in total. The normalized spacial score (nSPS) is 14.0. The van der Waals surface area contributed by atoms with E-state index in [1.807, 2.05) is 24.3 Å². The number of rotatable bonds is 6. The summed E-state index contributed by atoms with van der Waals surface area (Å²) in [7, 11) is -3.71. The van der Waals surface area contributed by atoms with Gasteiger partial charge in [0.15, 0.2) is 0 Å². The van der Waals surface area contributed by atoms with Gasteiger partial charge in [-0.25, -0.2) is 23.1 Å². The van der Waals surface area contributed by atoms with Crippen LogP contribution in [0.15, 0.2) is 71.8 Å². The lowest BCUT2D eigenvalue weighted by Gasteiger charge is -2.11. The Hall–Kier alpha value is -3.99. The minimum Gasteiger partial charge on any atom is -0.493 e. The Kier molecular flexibility index (Phi) is 6.22. The van der Waals surface area contributed by atoms with Crippen LogP contribution in [-0.2, 0) is 34.2 Å². The van der Waals surface area contributed by atoms with Crippen LogP contribution >= 0.6 is 11.6 Å². The molecule has 0 fully saturated rings. The summed E-state index contributed by atoms with van der Waals surface area (Å²) in [5.74, 6) is 0.998. The molecule has 2 aliphatic rings. The predicted octanol–water partition coefficient (Wildman–Crippen LogP) is 4.45. The SMILES string of the molecule is O=C1Cc2cnc(Nc3ccc(S(=O)(=O)NCc4ccc5c(c4)CCO5)cc3)nc2-c2ccc(Cl)cc2N1. The second-order valence-electron chi connectivity index (χ2n) is 9.00.